The van der Waals surface area contributed by atoms with Crippen LogP contribution in [0.4, 0.5) is 0 Å². The van der Waals surface area contributed by atoms with Gasteiger partial charge in [0.05, 0.1) is 11.1 Å². The Kier molecular flexibility index (Phi) is 6.40. The van der Waals surface area contributed by atoms with Crippen molar-refractivity contribution < 1.29 is 4.79 Å². The summed E-state index contributed by atoms with van der Waals surface area (Å²) in [6, 6.07) is 0. The summed E-state index contributed by atoms with van der Waals surface area (Å²) in [5, 5.41) is 0.809. The number of nitrogens with zero attached hydrogens (tertiary/aromatic N) is 2. The number of aryl methyl sites for hydroxylation is 2. The summed E-state index contributed by atoms with van der Waals surface area (Å²) in [4.78, 5) is 36.2. The van der Waals surface area contributed by atoms with Gasteiger partial charge in [-0.3, -0.25) is 9.59 Å². The zero-order valence-electron chi connectivity index (χ0n) is 15.8. The Morgan fingerprint density at radius 1 is 1.35 bits per heavy atom. The van der Waals surface area contributed by atoms with E-state index in [9.17, 15) is 9.59 Å². The molecule has 2 aromatic rings. The monoisotopic (exact) mass is 393 g/mol. The SMILES string of the molecule is CC(C)CN(C)C(=O)CCSCc1nc2sc3c(c2c(=O)[nH]1)CCCC3. The molecule has 0 atom stereocenters. The lowest BCUT2D eigenvalue weighted by Gasteiger charge is -2.19. The van der Waals surface area contributed by atoms with Crippen LogP contribution in [0.25, 0.3) is 10.2 Å². The molecule has 1 aliphatic carbocycles. The predicted octanol–water partition coefficient (Wildman–Crippen LogP) is 3.60. The Morgan fingerprint density at radius 2 is 2.12 bits per heavy atom. The maximum Gasteiger partial charge on any atom is 0.259 e. The molecule has 3 rings (SSSR count). The van der Waals surface area contributed by atoms with E-state index in [2.05, 4.69) is 23.8 Å². The van der Waals surface area contributed by atoms with E-state index in [0.29, 0.717) is 23.9 Å². The highest BCUT2D eigenvalue weighted by Crippen LogP contribution is 2.33. The second-order valence-corrected chi connectivity index (χ2v) is 9.56. The Labute approximate surface area is 162 Å². The molecule has 1 aliphatic rings. The number of carbonyl (C=O) groups excluding carboxylic acids is 1. The number of H-pyrrole nitrogens is 1. The number of hydrogen-bond donors (Lipinski definition) is 1. The van der Waals surface area contributed by atoms with Crippen LogP contribution in [-0.2, 0) is 23.4 Å². The number of rotatable bonds is 7. The van der Waals surface area contributed by atoms with Gasteiger partial charge in [0.25, 0.3) is 5.56 Å². The summed E-state index contributed by atoms with van der Waals surface area (Å²) in [7, 11) is 1.86. The Hall–Kier alpha value is -1.34. The number of thioether (sulfide) groups is 1. The molecular formula is C19H27N3O2S2. The summed E-state index contributed by atoms with van der Waals surface area (Å²) in [6.07, 6.45) is 4.97. The van der Waals surface area contributed by atoms with Crippen molar-refractivity contribution in [2.24, 2.45) is 5.92 Å². The normalized spacial score (nSPS) is 14.0. The molecule has 0 aromatic carbocycles. The van der Waals surface area contributed by atoms with Crippen LogP contribution in [0, 0.1) is 5.92 Å². The van der Waals surface area contributed by atoms with E-state index in [1.807, 2.05) is 7.05 Å². The van der Waals surface area contributed by atoms with Crippen molar-refractivity contribution in [3.05, 3.63) is 26.6 Å². The summed E-state index contributed by atoms with van der Waals surface area (Å²) in [5.74, 6) is 2.75. The molecule has 0 unspecified atom stereocenters. The number of carbonyl (C=O) groups is 1. The number of aromatic amines is 1. The molecule has 5 nitrogen and oxygen atoms in total. The fourth-order valence-corrected chi connectivity index (χ4v) is 5.52. The molecule has 0 aliphatic heterocycles. The van der Waals surface area contributed by atoms with Crippen molar-refractivity contribution >= 4 is 39.2 Å². The van der Waals surface area contributed by atoms with E-state index >= 15 is 0 Å². The van der Waals surface area contributed by atoms with Crippen LogP contribution in [-0.4, -0.2) is 40.1 Å². The minimum Gasteiger partial charge on any atom is -0.345 e. The second-order valence-electron chi connectivity index (χ2n) is 7.37. The van der Waals surface area contributed by atoms with Crippen molar-refractivity contribution in [3.8, 4) is 0 Å². The van der Waals surface area contributed by atoms with Gasteiger partial charge >= 0.3 is 0 Å². The van der Waals surface area contributed by atoms with Crippen LogP contribution in [0.3, 0.4) is 0 Å². The molecular weight excluding hydrogens is 366 g/mol. The zero-order chi connectivity index (χ0) is 18.7. The third kappa shape index (κ3) is 4.49. The summed E-state index contributed by atoms with van der Waals surface area (Å²) < 4.78 is 0. The van der Waals surface area contributed by atoms with Gasteiger partial charge in [0.2, 0.25) is 5.91 Å². The fraction of sp³-hybridized carbons (Fsp3) is 0.632. The van der Waals surface area contributed by atoms with E-state index in [4.69, 9.17) is 0 Å². The predicted molar refractivity (Wildman–Crippen MR) is 110 cm³/mol. The molecule has 7 heteroatoms. The van der Waals surface area contributed by atoms with Gasteiger partial charge in [-0.15, -0.1) is 11.3 Å². The van der Waals surface area contributed by atoms with Gasteiger partial charge in [0, 0.05) is 30.6 Å². The zero-order valence-corrected chi connectivity index (χ0v) is 17.4. The van der Waals surface area contributed by atoms with E-state index in [0.717, 1.165) is 41.8 Å². The lowest BCUT2D eigenvalue weighted by molar-refractivity contribution is -0.129. The standard InChI is InChI=1S/C19H27N3O2S2/c1-12(2)10-22(3)16(23)8-9-25-11-15-20-18(24)17-13-6-4-5-7-14(13)26-19(17)21-15/h12H,4-11H2,1-3H3,(H,20,21,24). The number of fused-ring (bicyclic) bond motifs is 3. The highest BCUT2D eigenvalue weighted by molar-refractivity contribution is 7.98. The average molecular weight is 394 g/mol. The van der Waals surface area contributed by atoms with Gasteiger partial charge in [-0.05, 0) is 37.2 Å². The van der Waals surface area contributed by atoms with Gasteiger partial charge < -0.3 is 9.88 Å². The maximum absolute atomic E-state index is 12.5. The van der Waals surface area contributed by atoms with Crippen molar-refractivity contribution in [2.45, 2.75) is 51.7 Å². The molecule has 142 valence electrons. The first-order valence-corrected chi connectivity index (χ1v) is 11.3. The first kappa shape index (κ1) is 19.4. The average Bonchev–Trinajstić information content (AvgIpc) is 2.96. The highest BCUT2D eigenvalue weighted by atomic mass is 32.2. The van der Waals surface area contributed by atoms with Crippen molar-refractivity contribution in [1.82, 2.24) is 14.9 Å². The van der Waals surface area contributed by atoms with E-state index < -0.39 is 0 Å². The molecule has 2 heterocycles. The smallest absolute Gasteiger partial charge is 0.259 e. The largest absolute Gasteiger partial charge is 0.345 e. The molecule has 0 saturated heterocycles. The molecule has 0 saturated carbocycles. The lowest BCUT2D eigenvalue weighted by atomic mass is 9.97. The maximum atomic E-state index is 12.5. The molecule has 1 amide bonds. The van der Waals surface area contributed by atoms with Gasteiger partial charge in [-0.25, -0.2) is 4.98 Å². The topological polar surface area (TPSA) is 66.1 Å². The third-order valence-corrected chi connectivity index (χ3v) is 6.79. The summed E-state index contributed by atoms with van der Waals surface area (Å²) in [6.45, 7) is 5.01. The summed E-state index contributed by atoms with van der Waals surface area (Å²) in [5.41, 5.74) is 1.22. The first-order valence-electron chi connectivity index (χ1n) is 9.31. The van der Waals surface area contributed by atoms with Crippen LogP contribution >= 0.6 is 23.1 Å². The molecule has 0 bridgehead atoms. The number of hydrogen-bond acceptors (Lipinski definition) is 5. The van der Waals surface area contributed by atoms with E-state index in [1.165, 1.54) is 16.9 Å². The molecule has 26 heavy (non-hydrogen) atoms. The van der Waals surface area contributed by atoms with Crippen molar-refractivity contribution in [1.29, 1.82) is 0 Å². The molecule has 0 fully saturated rings. The highest BCUT2D eigenvalue weighted by Gasteiger charge is 2.19. The van der Waals surface area contributed by atoms with Crippen molar-refractivity contribution in [2.75, 3.05) is 19.3 Å². The summed E-state index contributed by atoms with van der Waals surface area (Å²) >= 11 is 3.33. The fourth-order valence-electron chi connectivity index (χ4n) is 3.45. The Balaban J connectivity index is 1.58. The van der Waals surface area contributed by atoms with Crippen molar-refractivity contribution in [3.63, 3.8) is 0 Å². The minimum atomic E-state index is -0.00209. The number of nitrogens with one attached hydrogen (secondary N) is 1. The lowest BCUT2D eigenvalue weighted by Crippen LogP contribution is -2.30. The van der Waals surface area contributed by atoms with Gasteiger partial charge in [0.15, 0.2) is 0 Å². The number of amides is 1. The molecule has 0 spiro atoms. The van der Waals surface area contributed by atoms with Crippen LogP contribution in [0.2, 0.25) is 0 Å². The van der Waals surface area contributed by atoms with Gasteiger partial charge in [-0.2, -0.15) is 11.8 Å². The molecule has 0 radical (unpaired) electrons. The van der Waals surface area contributed by atoms with E-state index in [1.54, 1.807) is 28.0 Å². The molecule has 1 N–H and O–H groups in total. The number of thiophene rings is 1. The third-order valence-electron chi connectivity index (χ3n) is 4.64. The Bertz CT molecular complexity index is 841. The van der Waals surface area contributed by atoms with Crippen LogP contribution in [0.5, 0.6) is 0 Å². The minimum absolute atomic E-state index is 0.00209. The van der Waals surface area contributed by atoms with E-state index in [-0.39, 0.29) is 11.5 Å². The molecule has 2 aromatic heterocycles. The van der Waals surface area contributed by atoms with Crippen LogP contribution in [0.15, 0.2) is 4.79 Å². The van der Waals surface area contributed by atoms with Crippen LogP contribution in [0.1, 0.15) is 49.4 Å². The second kappa shape index (κ2) is 8.57. The quantitative estimate of drug-likeness (QED) is 0.730. The van der Waals surface area contributed by atoms with Gasteiger partial charge in [-0.1, -0.05) is 13.8 Å². The first-order chi connectivity index (χ1) is 12.5. The number of aromatic nitrogens is 2. The van der Waals surface area contributed by atoms with Gasteiger partial charge in [0.1, 0.15) is 10.7 Å². The van der Waals surface area contributed by atoms with Crippen LogP contribution < -0.4 is 5.56 Å². The Morgan fingerprint density at radius 3 is 2.88 bits per heavy atom.